The van der Waals surface area contributed by atoms with Crippen molar-refractivity contribution in [3.05, 3.63) is 59.2 Å². The lowest BCUT2D eigenvalue weighted by Crippen LogP contribution is -2.34. The maximum Gasteiger partial charge on any atom is 0.251 e. The predicted octanol–water partition coefficient (Wildman–Crippen LogP) is 3.73. The fourth-order valence-electron chi connectivity index (χ4n) is 2.97. The van der Waals surface area contributed by atoms with Crippen molar-refractivity contribution in [1.82, 2.24) is 5.32 Å². The maximum absolute atomic E-state index is 12.3. The second-order valence-electron chi connectivity index (χ2n) is 7.46. The Kier molecular flexibility index (Phi) is 4.71. The summed E-state index contributed by atoms with van der Waals surface area (Å²) in [6, 6.07) is 13.5. The largest absolute Gasteiger partial charge is 0.497 e. The van der Waals surface area contributed by atoms with Crippen molar-refractivity contribution in [3.63, 3.8) is 0 Å². The molecule has 0 saturated heterocycles. The van der Waals surface area contributed by atoms with Crippen molar-refractivity contribution >= 4 is 5.91 Å². The van der Waals surface area contributed by atoms with Gasteiger partial charge in [0, 0.05) is 12.0 Å². The highest BCUT2D eigenvalue weighted by atomic mass is 16.5. The predicted molar refractivity (Wildman–Crippen MR) is 98.6 cm³/mol. The molecule has 0 saturated carbocycles. The molecule has 0 unspecified atom stereocenters. The van der Waals surface area contributed by atoms with Crippen molar-refractivity contribution in [2.24, 2.45) is 0 Å². The molecule has 0 spiro atoms. The van der Waals surface area contributed by atoms with E-state index in [2.05, 4.69) is 38.2 Å². The van der Waals surface area contributed by atoms with E-state index >= 15 is 0 Å². The van der Waals surface area contributed by atoms with E-state index in [1.54, 1.807) is 19.2 Å². The van der Waals surface area contributed by atoms with E-state index in [9.17, 15) is 4.79 Å². The van der Waals surface area contributed by atoms with Crippen molar-refractivity contribution in [1.29, 1.82) is 0 Å². The van der Waals surface area contributed by atoms with Crippen LogP contribution in [0.1, 0.15) is 42.3 Å². The molecule has 3 rings (SSSR count). The minimum atomic E-state index is -0.117. The average Bonchev–Trinajstić information content (AvgIpc) is 3.01. The van der Waals surface area contributed by atoms with Crippen molar-refractivity contribution < 1.29 is 14.3 Å². The van der Waals surface area contributed by atoms with E-state index in [0.717, 1.165) is 12.2 Å². The molecule has 0 radical (unpaired) electrons. The Bertz CT molecular complexity index is 777. The molecular formula is C21H25NO3. The zero-order valence-corrected chi connectivity index (χ0v) is 15.3. The summed E-state index contributed by atoms with van der Waals surface area (Å²) in [7, 11) is 1.59. The number of hydrogen-bond acceptors (Lipinski definition) is 3. The third kappa shape index (κ3) is 3.95. The van der Waals surface area contributed by atoms with Crippen LogP contribution < -0.4 is 14.8 Å². The van der Waals surface area contributed by atoms with Crippen LogP contribution in [-0.4, -0.2) is 25.7 Å². The molecule has 1 atom stereocenters. The van der Waals surface area contributed by atoms with E-state index in [1.165, 1.54) is 11.1 Å². The minimum Gasteiger partial charge on any atom is -0.497 e. The topological polar surface area (TPSA) is 47.6 Å². The Morgan fingerprint density at radius 1 is 1.24 bits per heavy atom. The molecule has 1 heterocycles. The van der Waals surface area contributed by atoms with Crippen LogP contribution in [0.2, 0.25) is 0 Å². The van der Waals surface area contributed by atoms with Crippen LogP contribution in [0.4, 0.5) is 0 Å². The van der Waals surface area contributed by atoms with E-state index in [-0.39, 0.29) is 17.4 Å². The van der Waals surface area contributed by atoms with Crippen LogP contribution in [0.25, 0.3) is 0 Å². The van der Waals surface area contributed by atoms with E-state index in [0.29, 0.717) is 17.9 Å². The Balaban J connectivity index is 1.60. The molecule has 2 aromatic rings. The maximum atomic E-state index is 12.3. The summed E-state index contributed by atoms with van der Waals surface area (Å²) in [5.74, 6) is 1.48. The lowest BCUT2D eigenvalue weighted by atomic mass is 9.86. The first kappa shape index (κ1) is 17.3. The molecule has 0 bridgehead atoms. The van der Waals surface area contributed by atoms with Gasteiger partial charge in [-0.05, 0) is 40.8 Å². The van der Waals surface area contributed by atoms with E-state index in [1.807, 2.05) is 18.2 Å². The van der Waals surface area contributed by atoms with Gasteiger partial charge in [-0.25, -0.2) is 0 Å². The molecule has 0 aromatic heterocycles. The molecule has 2 aromatic carbocycles. The number of ether oxygens (including phenoxy) is 2. The van der Waals surface area contributed by atoms with Gasteiger partial charge in [-0.15, -0.1) is 0 Å². The standard InChI is InChI=1S/C21H25NO3/c1-21(2,3)16-8-9-19-15(10-16)12-18(25-19)13-22-20(23)14-6-5-7-17(11-14)24-4/h5-11,18H,12-13H2,1-4H3,(H,22,23)/t18-/m0/s1. The molecule has 1 amide bonds. The third-order valence-corrected chi connectivity index (χ3v) is 4.49. The number of rotatable bonds is 4. The summed E-state index contributed by atoms with van der Waals surface area (Å²) in [4.78, 5) is 12.3. The number of nitrogens with one attached hydrogen (secondary N) is 1. The van der Waals surface area contributed by atoms with Crippen LogP contribution >= 0.6 is 0 Å². The van der Waals surface area contributed by atoms with Gasteiger partial charge in [0.05, 0.1) is 13.7 Å². The molecule has 4 heteroatoms. The summed E-state index contributed by atoms with van der Waals surface area (Å²) >= 11 is 0. The number of amides is 1. The average molecular weight is 339 g/mol. The summed E-state index contributed by atoms with van der Waals surface area (Å²) in [5, 5.41) is 2.95. The lowest BCUT2D eigenvalue weighted by molar-refractivity contribution is 0.0933. The number of methoxy groups -OCH3 is 1. The van der Waals surface area contributed by atoms with Crippen LogP contribution in [0, 0.1) is 0 Å². The van der Waals surface area contributed by atoms with Gasteiger partial charge in [-0.3, -0.25) is 4.79 Å². The van der Waals surface area contributed by atoms with Gasteiger partial charge >= 0.3 is 0 Å². The van der Waals surface area contributed by atoms with Crippen molar-refractivity contribution in [2.75, 3.05) is 13.7 Å². The summed E-state index contributed by atoms with van der Waals surface area (Å²) in [6.45, 7) is 7.10. The summed E-state index contributed by atoms with van der Waals surface area (Å²) < 4.78 is 11.1. The van der Waals surface area contributed by atoms with Crippen molar-refractivity contribution in [3.8, 4) is 11.5 Å². The molecule has 1 aliphatic heterocycles. The fraction of sp³-hybridized carbons (Fsp3) is 0.381. The highest BCUT2D eigenvalue weighted by Crippen LogP contribution is 2.33. The van der Waals surface area contributed by atoms with Crippen LogP contribution in [0.15, 0.2) is 42.5 Å². The molecule has 1 N–H and O–H groups in total. The molecule has 0 fully saturated rings. The number of fused-ring (bicyclic) bond motifs is 1. The molecule has 0 aliphatic carbocycles. The van der Waals surface area contributed by atoms with Crippen molar-refractivity contribution in [2.45, 2.75) is 38.7 Å². The Hall–Kier alpha value is -2.49. The van der Waals surface area contributed by atoms with Gasteiger partial charge in [0.2, 0.25) is 0 Å². The number of benzene rings is 2. The lowest BCUT2D eigenvalue weighted by Gasteiger charge is -2.19. The van der Waals surface area contributed by atoms with Gasteiger partial charge in [0.25, 0.3) is 5.91 Å². The molecule has 25 heavy (non-hydrogen) atoms. The van der Waals surface area contributed by atoms with Gasteiger partial charge in [-0.2, -0.15) is 0 Å². The SMILES string of the molecule is COc1cccc(C(=O)NC[C@@H]2Cc3cc(C(C)(C)C)ccc3O2)c1. The first-order valence-corrected chi connectivity index (χ1v) is 8.59. The molecule has 4 nitrogen and oxygen atoms in total. The quantitative estimate of drug-likeness (QED) is 0.923. The van der Waals surface area contributed by atoms with Gasteiger partial charge in [-0.1, -0.05) is 39.0 Å². The van der Waals surface area contributed by atoms with E-state index < -0.39 is 0 Å². The monoisotopic (exact) mass is 339 g/mol. The second kappa shape index (κ2) is 6.79. The number of hydrogen-bond donors (Lipinski definition) is 1. The summed E-state index contributed by atoms with van der Waals surface area (Å²) in [6.07, 6.45) is 0.789. The van der Waals surface area contributed by atoms with Crippen LogP contribution in [0.5, 0.6) is 11.5 Å². The molecule has 132 valence electrons. The Morgan fingerprint density at radius 2 is 2.04 bits per heavy atom. The zero-order valence-electron chi connectivity index (χ0n) is 15.3. The number of carbonyl (C=O) groups excluding carboxylic acids is 1. The first-order chi connectivity index (χ1) is 11.9. The van der Waals surface area contributed by atoms with Crippen LogP contribution in [-0.2, 0) is 11.8 Å². The van der Waals surface area contributed by atoms with Gasteiger partial charge < -0.3 is 14.8 Å². The second-order valence-corrected chi connectivity index (χ2v) is 7.46. The smallest absolute Gasteiger partial charge is 0.251 e. The minimum absolute atomic E-state index is 0.0280. The zero-order chi connectivity index (χ0) is 18.0. The normalized spacial score (nSPS) is 16.1. The molecular weight excluding hydrogens is 314 g/mol. The highest BCUT2D eigenvalue weighted by Gasteiger charge is 2.25. The fourth-order valence-corrected chi connectivity index (χ4v) is 2.97. The summed E-state index contributed by atoms with van der Waals surface area (Å²) in [5.41, 5.74) is 3.22. The Morgan fingerprint density at radius 3 is 2.76 bits per heavy atom. The van der Waals surface area contributed by atoms with Crippen LogP contribution in [0.3, 0.4) is 0 Å². The van der Waals surface area contributed by atoms with Gasteiger partial charge in [0.1, 0.15) is 17.6 Å². The third-order valence-electron chi connectivity index (χ3n) is 4.49. The number of carbonyl (C=O) groups is 1. The molecule has 1 aliphatic rings. The van der Waals surface area contributed by atoms with Gasteiger partial charge in [0.15, 0.2) is 0 Å². The first-order valence-electron chi connectivity index (χ1n) is 8.59. The highest BCUT2D eigenvalue weighted by molar-refractivity contribution is 5.94. The Labute approximate surface area is 149 Å². The van der Waals surface area contributed by atoms with E-state index in [4.69, 9.17) is 9.47 Å².